The van der Waals surface area contributed by atoms with Gasteiger partial charge in [0, 0.05) is 12.6 Å². The Morgan fingerprint density at radius 1 is 1.24 bits per heavy atom. The van der Waals surface area contributed by atoms with Gasteiger partial charge in [0.15, 0.2) is 0 Å². The summed E-state index contributed by atoms with van der Waals surface area (Å²) in [5, 5.41) is 3.44. The molecule has 0 heterocycles. The van der Waals surface area contributed by atoms with Crippen molar-refractivity contribution in [1.82, 2.24) is 5.32 Å². The van der Waals surface area contributed by atoms with Crippen molar-refractivity contribution in [2.75, 3.05) is 0 Å². The third-order valence-corrected chi connectivity index (χ3v) is 5.00. The molecule has 1 saturated carbocycles. The number of rotatable bonds is 6. The van der Waals surface area contributed by atoms with Crippen LogP contribution in [0.4, 0.5) is 0 Å². The van der Waals surface area contributed by atoms with Crippen molar-refractivity contribution in [3.63, 3.8) is 0 Å². The first-order chi connectivity index (χ1) is 10.1. The van der Waals surface area contributed by atoms with Crippen LogP contribution in [0.15, 0.2) is 22.7 Å². The molecular formula is C18H28BrNO. The SMILES string of the molecule is CCC1CCC(Oc2ccc(CNC(C)C)cc2Br)CC1. The zero-order valence-electron chi connectivity index (χ0n) is 13.5. The number of halogens is 1. The Hall–Kier alpha value is -0.540. The first kappa shape index (κ1) is 16.8. The Labute approximate surface area is 137 Å². The van der Waals surface area contributed by atoms with Gasteiger partial charge in [-0.3, -0.25) is 0 Å². The molecule has 1 aromatic carbocycles. The van der Waals surface area contributed by atoms with Gasteiger partial charge in [0.1, 0.15) is 5.75 Å². The van der Waals surface area contributed by atoms with E-state index < -0.39 is 0 Å². The molecular weight excluding hydrogens is 326 g/mol. The van der Waals surface area contributed by atoms with Crippen LogP contribution in [-0.4, -0.2) is 12.1 Å². The van der Waals surface area contributed by atoms with Crippen LogP contribution < -0.4 is 10.1 Å². The maximum atomic E-state index is 6.19. The number of ether oxygens (including phenoxy) is 1. The summed E-state index contributed by atoms with van der Waals surface area (Å²) in [5.74, 6) is 1.90. The highest BCUT2D eigenvalue weighted by Gasteiger charge is 2.21. The summed E-state index contributed by atoms with van der Waals surface area (Å²) in [7, 11) is 0. The van der Waals surface area contributed by atoms with Gasteiger partial charge < -0.3 is 10.1 Å². The highest BCUT2D eigenvalue weighted by atomic mass is 79.9. The van der Waals surface area contributed by atoms with E-state index in [0.29, 0.717) is 12.1 Å². The van der Waals surface area contributed by atoms with Gasteiger partial charge in [-0.2, -0.15) is 0 Å². The zero-order chi connectivity index (χ0) is 15.2. The predicted octanol–water partition coefficient (Wildman–Crippen LogP) is 5.29. The number of hydrogen-bond acceptors (Lipinski definition) is 2. The summed E-state index contributed by atoms with van der Waals surface area (Å²) >= 11 is 3.65. The van der Waals surface area contributed by atoms with Gasteiger partial charge in [0.2, 0.25) is 0 Å². The van der Waals surface area contributed by atoms with Crippen LogP contribution in [-0.2, 0) is 6.54 Å². The lowest BCUT2D eigenvalue weighted by molar-refractivity contribution is 0.129. The van der Waals surface area contributed by atoms with Crippen molar-refractivity contribution < 1.29 is 4.74 Å². The van der Waals surface area contributed by atoms with E-state index in [1.54, 1.807) is 0 Å². The molecule has 1 aliphatic rings. The summed E-state index contributed by atoms with van der Waals surface area (Å²) in [4.78, 5) is 0. The van der Waals surface area contributed by atoms with Crippen molar-refractivity contribution in [2.24, 2.45) is 5.92 Å². The van der Waals surface area contributed by atoms with Crippen LogP contribution in [0.25, 0.3) is 0 Å². The van der Waals surface area contributed by atoms with E-state index in [-0.39, 0.29) is 0 Å². The second kappa shape index (κ2) is 8.19. The minimum Gasteiger partial charge on any atom is -0.489 e. The van der Waals surface area contributed by atoms with Crippen molar-refractivity contribution >= 4 is 15.9 Å². The Balaban J connectivity index is 1.89. The molecule has 0 unspecified atom stereocenters. The maximum absolute atomic E-state index is 6.19. The molecule has 0 amide bonds. The van der Waals surface area contributed by atoms with E-state index in [9.17, 15) is 0 Å². The van der Waals surface area contributed by atoms with E-state index in [2.05, 4.69) is 60.2 Å². The molecule has 1 N–H and O–H groups in total. The fourth-order valence-electron chi connectivity index (χ4n) is 2.91. The number of nitrogens with one attached hydrogen (secondary N) is 1. The fourth-order valence-corrected chi connectivity index (χ4v) is 3.43. The Morgan fingerprint density at radius 3 is 2.52 bits per heavy atom. The summed E-state index contributed by atoms with van der Waals surface area (Å²) < 4.78 is 7.26. The number of hydrogen-bond donors (Lipinski definition) is 1. The summed E-state index contributed by atoms with van der Waals surface area (Å²) in [6, 6.07) is 6.94. The van der Waals surface area contributed by atoms with Gasteiger partial charge in [-0.05, 0) is 65.2 Å². The average Bonchev–Trinajstić information content (AvgIpc) is 2.48. The summed E-state index contributed by atoms with van der Waals surface area (Å²) in [6.07, 6.45) is 6.73. The molecule has 1 fully saturated rings. The highest BCUT2D eigenvalue weighted by Crippen LogP contribution is 2.32. The first-order valence-corrected chi connectivity index (χ1v) is 9.06. The minimum absolute atomic E-state index is 0.392. The minimum atomic E-state index is 0.392. The Bertz CT molecular complexity index is 439. The topological polar surface area (TPSA) is 21.3 Å². The van der Waals surface area contributed by atoms with Crippen LogP contribution in [0.5, 0.6) is 5.75 Å². The second-order valence-electron chi connectivity index (χ2n) is 6.47. The monoisotopic (exact) mass is 353 g/mol. The van der Waals surface area contributed by atoms with Gasteiger partial charge in [-0.1, -0.05) is 33.3 Å². The smallest absolute Gasteiger partial charge is 0.133 e. The van der Waals surface area contributed by atoms with Gasteiger partial charge in [-0.15, -0.1) is 0 Å². The zero-order valence-corrected chi connectivity index (χ0v) is 15.1. The summed E-state index contributed by atoms with van der Waals surface area (Å²) in [6.45, 7) is 7.53. The fraction of sp³-hybridized carbons (Fsp3) is 0.667. The van der Waals surface area contributed by atoms with Crippen molar-refractivity contribution in [1.29, 1.82) is 0 Å². The van der Waals surface area contributed by atoms with Crippen LogP contribution in [0.3, 0.4) is 0 Å². The van der Waals surface area contributed by atoms with Gasteiger partial charge in [0.25, 0.3) is 0 Å². The Morgan fingerprint density at radius 2 is 1.95 bits per heavy atom. The van der Waals surface area contributed by atoms with E-state index in [0.717, 1.165) is 22.7 Å². The molecule has 0 spiro atoms. The largest absolute Gasteiger partial charge is 0.489 e. The molecule has 0 atom stereocenters. The third kappa shape index (κ3) is 5.30. The molecule has 0 radical (unpaired) electrons. The molecule has 1 aliphatic carbocycles. The second-order valence-corrected chi connectivity index (χ2v) is 7.32. The van der Waals surface area contributed by atoms with Gasteiger partial charge in [-0.25, -0.2) is 0 Å². The average molecular weight is 354 g/mol. The lowest BCUT2D eigenvalue weighted by Crippen LogP contribution is -2.24. The van der Waals surface area contributed by atoms with Crippen molar-refractivity contribution in [3.8, 4) is 5.75 Å². The Kier molecular flexibility index (Phi) is 6.56. The van der Waals surface area contributed by atoms with E-state index >= 15 is 0 Å². The molecule has 3 heteroatoms. The van der Waals surface area contributed by atoms with Gasteiger partial charge >= 0.3 is 0 Å². The maximum Gasteiger partial charge on any atom is 0.133 e. The first-order valence-electron chi connectivity index (χ1n) is 8.27. The molecule has 0 aliphatic heterocycles. The van der Waals surface area contributed by atoms with Crippen LogP contribution in [0, 0.1) is 5.92 Å². The molecule has 0 aromatic heterocycles. The van der Waals surface area contributed by atoms with Crippen LogP contribution in [0.1, 0.15) is 58.4 Å². The molecule has 21 heavy (non-hydrogen) atoms. The lowest BCUT2D eigenvalue weighted by atomic mass is 9.86. The quantitative estimate of drug-likeness (QED) is 0.749. The third-order valence-electron chi connectivity index (χ3n) is 4.38. The molecule has 1 aromatic rings. The molecule has 0 bridgehead atoms. The molecule has 2 rings (SSSR count). The molecule has 118 valence electrons. The van der Waals surface area contributed by atoms with E-state index in [4.69, 9.17) is 4.74 Å². The standard InChI is InChI=1S/C18H28BrNO/c1-4-14-5-8-16(9-6-14)21-18-10-7-15(11-17(18)19)12-20-13(2)3/h7,10-11,13-14,16,20H,4-6,8-9,12H2,1-3H3. The lowest BCUT2D eigenvalue weighted by Gasteiger charge is -2.28. The molecule has 2 nitrogen and oxygen atoms in total. The van der Waals surface area contributed by atoms with Crippen LogP contribution in [0.2, 0.25) is 0 Å². The van der Waals surface area contributed by atoms with Crippen molar-refractivity contribution in [3.05, 3.63) is 28.2 Å². The highest BCUT2D eigenvalue weighted by molar-refractivity contribution is 9.10. The molecule has 0 saturated heterocycles. The van der Waals surface area contributed by atoms with E-state index in [1.165, 1.54) is 37.7 Å². The van der Waals surface area contributed by atoms with E-state index in [1.807, 2.05) is 0 Å². The summed E-state index contributed by atoms with van der Waals surface area (Å²) in [5.41, 5.74) is 1.29. The van der Waals surface area contributed by atoms with Gasteiger partial charge in [0.05, 0.1) is 10.6 Å². The van der Waals surface area contributed by atoms with Crippen molar-refractivity contribution in [2.45, 2.75) is 71.6 Å². The van der Waals surface area contributed by atoms with Crippen LogP contribution >= 0.6 is 15.9 Å². The predicted molar refractivity (Wildman–Crippen MR) is 92.8 cm³/mol. The normalized spacial score (nSPS) is 22.5. The number of benzene rings is 1.